The lowest BCUT2D eigenvalue weighted by Gasteiger charge is -2.34. The number of hydrogen-bond acceptors (Lipinski definition) is 9. The highest BCUT2D eigenvalue weighted by Gasteiger charge is 2.42. The number of rotatable bonds is 8. The minimum atomic E-state index is -1.06. The number of hydrogen-bond donors (Lipinski definition) is 2. The molecule has 0 aliphatic carbocycles. The molecule has 0 radical (unpaired) electrons. The molecule has 2 unspecified atom stereocenters. The Bertz CT molecular complexity index is 1300. The van der Waals surface area contributed by atoms with Gasteiger partial charge >= 0.3 is 11.9 Å². The molecule has 10 nitrogen and oxygen atoms in total. The van der Waals surface area contributed by atoms with Crippen LogP contribution in [-0.4, -0.2) is 49.8 Å². The predicted molar refractivity (Wildman–Crippen MR) is 132 cm³/mol. The van der Waals surface area contributed by atoms with Crippen molar-refractivity contribution in [1.82, 2.24) is 15.3 Å². The summed E-state index contributed by atoms with van der Waals surface area (Å²) < 4.78 is 21.2. The van der Waals surface area contributed by atoms with E-state index in [4.69, 9.17) is 42.1 Å². The number of carbonyl (C=O) groups is 2. The molecule has 0 saturated carbocycles. The van der Waals surface area contributed by atoms with Crippen LogP contribution in [0.3, 0.4) is 0 Å². The number of H-pyrrole nitrogens is 1. The molecule has 12 heteroatoms. The lowest BCUT2D eigenvalue weighted by molar-refractivity contribution is -0.139. The van der Waals surface area contributed by atoms with Crippen molar-refractivity contribution in [3.8, 4) is 6.01 Å². The Labute approximate surface area is 217 Å². The van der Waals surface area contributed by atoms with Crippen LogP contribution in [0, 0.1) is 0 Å². The zero-order valence-electron chi connectivity index (χ0n) is 20.2. The molecule has 2 aromatic rings. The van der Waals surface area contributed by atoms with Gasteiger partial charge in [0.15, 0.2) is 0 Å². The third kappa shape index (κ3) is 5.25. The van der Waals surface area contributed by atoms with E-state index in [1.807, 2.05) is 0 Å². The SMILES string of the molecule is CCOC(=O)C1=C(C(OC)c2cc(=O)[nH]c(OC)n2)NC(C)=C(C(=O)OC)C1c1cccc(Cl)c1Cl. The summed E-state index contributed by atoms with van der Waals surface area (Å²) in [7, 11) is 3.96. The van der Waals surface area contributed by atoms with E-state index in [0.29, 0.717) is 11.3 Å². The number of nitrogens with one attached hydrogen (secondary N) is 2. The summed E-state index contributed by atoms with van der Waals surface area (Å²) in [5.41, 5.74) is 0.724. The van der Waals surface area contributed by atoms with Gasteiger partial charge in [-0.05, 0) is 25.5 Å². The van der Waals surface area contributed by atoms with Crippen LogP contribution >= 0.6 is 23.2 Å². The molecule has 1 aromatic carbocycles. The van der Waals surface area contributed by atoms with E-state index in [1.54, 1.807) is 32.0 Å². The number of ether oxygens (including phenoxy) is 4. The number of benzene rings is 1. The van der Waals surface area contributed by atoms with Crippen molar-refractivity contribution in [3.63, 3.8) is 0 Å². The van der Waals surface area contributed by atoms with Crippen molar-refractivity contribution in [2.75, 3.05) is 27.9 Å². The van der Waals surface area contributed by atoms with Gasteiger partial charge in [-0.15, -0.1) is 0 Å². The first-order chi connectivity index (χ1) is 17.2. The zero-order chi connectivity index (χ0) is 26.6. The van der Waals surface area contributed by atoms with Crippen molar-refractivity contribution < 1.29 is 28.5 Å². The van der Waals surface area contributed by atoms with Crippen LogP contribution in [-0.2, 0) is 23.8 Å². The largest absolute Gasteiger partial charge is 0.468 e. The second-order valence-corrected chi connectivity index (χ2v) is 8.36. The number of dihydropyridines is 1. The minimum Gasteiger partial charge on any atom is -0.468 e. The van der Waals surface area contributed by atoms with Crippen molar-refractivity contribution in [2.24, 2.45) is 0 Å². The van der Waals surface area contributed by atoms with E-state index in [-0.39, 0.29) is 45.2 Å². The lowest BCUT2D eigenvalue weighted by Crippen LogP contribution is -2.36. The number of esters is 2. The number of aromatic nitrogens is 2. The summed E-state index contributed by atoms with van der Waals surface area (Å²) in [4.78, 5) is 45.4. The van der Waals surface area contributed by atoms with Gasteiger partial charge in [0.1, 0.15) is 6.10 Å². The molecule has 2 heterocycles. The molecule has 2 atom stereocenters. The second kappa shape index (κ2) is 11.6. The van der Waals surface area contributed by atoms with E-state index in [2.05, 4.69) is 15.3 Å². The van der Waals surface area contributed by atoms with Gasteiger partial charge < -0.3 is 24.3 Å². The van der Waals surface area contributed by atoms with E-state index in [1.165, 1.54) is 27.4 Å². The average molecular weight is 538 g/mol. The molecule has 2 N–H and O–H groups in total. The van der Waals surface area contributed by atoms with Crippen molar-refractivity contribution in [3.05, 3.63) is 78.5 Å². The smallest absolute Gasteiger partial charge is 0.336 e. The number of methoxy groups -OCH3 is 3. The number of allylic oxidation sites excluding steroid dienone is 1. The monoisotopic (exact) mass is 537 g/mol. The van der Waals surface area contributed by atoms with E-state index < -0.39 is 29.5 Å². The normalized spacial score (nSPS) is 16.4. The van der Waals surface area contributed by atoms with Gasteiger partial charge in [0, 0.05) is 18.9 Å². The number of aromatic amines is 1. The maximum atomic E-state index is 13.5. The molecular weight excluding hydrogens is 513 g/mol. The average Bonchev–Trinajstić information content (AvgIpc) is 2.85. The number of carbonyl (C=O) groups excluding carboxylic acids is 2. The van der Waals surface area contributed by atoms with Gasteiger partial charge in [-0.3, -0.25) is 9.78 Å². The summed E-state index contributed by atoms with van der Waals surface area (Å²) in [5, 5.41) is 3.45. The van der Waals surface area contributed by atoms with Gasteiger partial charge in [0.25, 0.3) is 11.6 Å². The molecule has 1 aliphatic heterocycles. The predicted octanol–water partition coefficient (Wildman–Crippen LogP) is 3.42. The maximum absolute atomic E-state index is 13.5. The molecule has 0 saturated heterocycles. The van der Waals surface area contributed by atoms with Gasteiger partial charge in [0.05, 0.1) is 59.3 Å². The number of nitrogens with zero attached hydrogens (tertiary/aromatic N) is 1. The molecule has 0 bridgehead atoms. The summed E-state index contributed by atoms with van der Waals surface area (Å²) in [5.74, 6) is -2.47. The maximum Gasteiger partial charge on any atom is 0.336 e. The second-order valence-electron chi connectivity index (χ2n) is 7.57. The first-order valence-corrected chi connectivity index (χ1v) is 11.5. The Kier molecular flexibility index (Phi) is 8.78. The Balaban J connectivity index is 2.39. The third-order valence-electron chi connectivity index (χ3n) is 5.49. The number of halogens is 2. The Morgan fingerprint density at radius 1 is 1.14 bits per heavy atom. The van der Waals surface area contributed by atoms with Crippen LogP contribution in [0.2, 0.25) is 10.0 Å². The minimum absolute atomic E-state index is 0.0138. The van der Waals surface area contributed by atoms with Crippen LogP contribution in [0.15, 0.2) is 51.6 Å². The third-order valence-corrected chi connectivity index (χ3v) is 6.32. The van der Waals surface area contributed by atoms with Crippen LogP contribution in [0.25, 0.3) is 0 Å². The highest BCUT2D eigenvalue weighted by molar-refractivity contribution is 6.42. The first kappa shape index (κ1) is 27.3. The van der Waals surface area contributed by atoms with E-state index >= 15 is 0 Å². The fourth-order valence-corrected chi connectivity index (χ4v) is 4.42. The van der Waals surface area contributed by atoms with Crippen molar-refractivity contribution in [1.29, 1.82) is 0 Å². The van der Waals surface area contributed by atoms with Crippen molar-refractivity contribution in [2.45, 2.75) is 25.9 Å². The summed E-state index contributed by atoms with van der Waals surface area (Å²) >= 11 is 12.9. The quantitative estimate of drug-likeness (QED) is 0.486. The van der Waals surface area contributed by atoms with Gasteiger partial charge in [-0.25, -0.2) is 9.59 Å². The standard InChI is InChI=1S/C24H25Cl2N3O7/c1-6-36-23(32)18-17(12-8-7-9-13(25)19(12)26)16(22(31)34-4)11(2)27-20(18)21(33-3)14-10-15(30)29-24(28-14)35-5/h7-10,17,21,27H,6H2,1-5H3,(H,28,29,30). The van der Waals surface area contributed by atoms with E-state index in [0.717, 1.165) is 0 Å². The first-order valence-electron chi connectivity index (χ1n) is 10.8. The fraction of sp³-hybridized carbons (Fsp3) is 0.333. The van der Waals surface area contributed by atoms with E-state index in [9.17, 15) is 14.4 Å². The molecular formula is C24H25Cl2N3O7. The van der Waals surface area contributed by atoms with Crippen molar-refractivity contribution >= 4 is 35.1 Å². The summed E-state index contributed by atoms with van der Waals surface area (Å²) in [6.07, 6.45) is -1.06. The molecule has 1 aliphatic rings. The molecule has 36 heavy (non-hydrogen) atoms. The highest BCUT2D eigenvalue weighted by Crippen LogP contribution is 2.45. The molecule has 3 rings (SSSR count). The van der Waals surface area contributed by atoms with Crippen LogP contribution in [0.5, 0.6) is 6.01 Å². The van der Waals surface area contributed by atoms with Crippen LogP contribution in [0.4, 0.5) is 0 Å². The molecule has 1 aromatic heterocycles. The topological polar surface area (TPSA) is 129 Å². The van der Waals surface area contributed by atoms with Gasteiger partial charge in [0.2, 0.25) is 0 Å². The Morgan fingerprint density at radius 2 is 1.86 bits per heavy atom. The van der Waals surface area contributed by atoms with Crippen LogP contribution < -0.4 is 15.6 Å². The Morgan fingerprint density at radius 3 is 2.47 bits per heavy atom. The van der Waals surface area contributed by atoms with Gasteiger partial charge in [-0.2, -0.15) is 4.98 Å². The molecule has 0 fully saturated rings. The highest BCUT2D eigenvalue weighted by atomic mass is 35.5. The summed E-state index contributed by atoms with van der Waals surface area (Å²) in [6.45, 7) is 3.34. The Hall–Kier alpha value is -3.34. The summed E-state index contributed by atoms with van der Waals surface area (Å²) in [6, 6.07) is 6.04. The molecule has 0 spiro atoms. The van der Waals surface area contributed by atoms with Crippen LogP contribution in [0.1, 0.15) is 37.1 Å². The fourth-order valence-electron chi connectivity index (χ4n) is 4.00. The molecule has 0 amide bonds. The molecule has 192 valence electrons. The lowest BCUT2D eigenvalue weighted by atomic mass is 9.79. The zero-order valence-corrected chi connectivity index (χ0v) is 21.7. The van der Waals surface area contributed by atoms with Gasteiger partial charge in [-0.1, -0.05) is 35.3 Å².